The summed E-state index contributed by atoms with van der Waals surface area (Å²) >= 11 is 0. The average molecular weight is 285 g/mol. The maximum absolute atomic E-state index is 4.10. The molecule has 0 spiro atoms. The molecule has 0 aliphatic heterocycles. The van der Waals surface area contributed by atoms with Crippen molar-refractivity contribution in [2.45, 2.75) is 44.1 Å². The Morgan fingerprint density at radius 2 is 1.95 bits per heavy atom. The van der Waals surface area contributed by atoms with Crippen molar-refractivity contribution in [3.8, 4) is 0 Å². The minimum atomic E-state index is 0.159. The van der Waals surface area contributed by atoms with Gasteiger partial charge in [0.25, 0.3) is 0 Å². The van der Waals surface area contributed by atoms with E-state index in [0.29, 0.717) is 0 Å². The predicted molar refractivity (Wildman–Crippen MR) is 81.8 cm³/mol. The average Bonchev–Trinajstić information content (AvgIpc) is 3.15. The molecule has 5 nitrogen and oxygen atoms in total. The highest BCUT2D eigenvalue weighted by molar-refractivity contribution is 5.27. The van der Waals surface area contributed by atoms with Crippen LogP contribution in [0.5, 0.6) is 0 Å². The van der Waals surface area contributed by atoms with Crippen LogP contribution in [0, 0.1) is 0 Å². The van der Waals surface area contributed by atoms with Crippen molar-refractivity contribution in [3.05, 3.63) is 41.7 Å². The number of rotatable bonds is 5. The zero-order chi connectivity index (χ0) is 14.7. The summed E-state index contributed by atoms with van der Waals surface area (Å²) < 4.78 is 1.74. The molecule has 0 saturated heterocycles. The lowest BCUT2D eigenvalue weighted by molar-refractivity contribution is 0.374. The van der Waals surface area contributed by atoms with Crippen molar-refractivity contribution in [1.82, 2.24) is 25.5 Å². The molecule has 1 unspecified atom stereocenters. The molecule has 1 aliphatic carbocycles. The number of aromatic nitrogens is 4. The van der Waals surface area contributed by atoms with E-state index in [1.165, 1.54) is 31.2 Å². The van der Waals surface area contributed by atoms with E-state index in [0.717, 1.165) is 12.4 Å². The quantitative estimate of drug-likeness (QED) is 0.916. The van der Waals surface area contributed by atoms with Crippen LogP contribution >= 0.6 is 0 Å². The van der Waals surface area contributed by atoms with Crippen LogP contribution in [0.4, 0.5) is 0 Å². The summed E-state index contributed by atoms with van der Waals surface area (Å²) in [7, 11) is 1.88. The van der Waals surface area contributed by atoms with Crippen molar-refractivity contribution < 1.29 is 0 Å². The van der Waals surface area contributed by atoms with Gasteiger partial charge in [0, 0.05) is 19.0 Å². The van der Waals surface area contributed by atoms with Crippen LogP contribution < -0.4 is 5.32 Å². The van der Waals surface area contributed by atoms with Crippen LogP contribution in [0.3, 0.4) is 0 Å². The standard InChI is InChI=1S/C16H23N5/c1-13(15-18-19-20-21(15)2)17-12-16(10-6-7-11-16)14-8-4-3-5-9-14/h3-5,8-9,13,17H,6-7,10-12H2,1-2H3. The fraction of sp³-hybridized carbons (Fsp3) is 0.562. The van der Waals surface area contributed by atoms with E-state index >= 15 is 0 Å². The highest BCUT2D eigenvalue weighted by Gasteiger charge is 2.35. The molecule has 1 saturated carbocycles. The lowest BCUT2D eigenvalue weighted by atomic mass is 9.78. The first-order valence-electron chi connectivity index (χ1n) is 7.72. The Morgan fingerprint density at radius 3 is 2.57 bits per heavy atom. The monoisotopic (exact) mass is 285 g/mol. The largest absolute Gasteiger partial charge is 0.307 e. The fourth-order valence-electron chi connectivity index (χ4n) is 3.45. The molecule has 1 fully saturated rings. The molecule has 21 heavy (non-hydrogen) atoms. The number of aryl methyl sites for hydroxylation is 1. The van der Waals surface area contributed by atoms with Gasteiger partial charge in [0.15, 0.2) is 5.82 Å². The number of hydrogen-bond donors (Lipinski definition) is 1. The van der Waals surface area contributed by atoms with Gasteiger partial charge in [-0.3, -0.25) is 0 Å². The van der Waals surface area contributed by atoms with E-state index in [1.807, 2.05) is 7.05 Å². The Kier molecular flexibility index (Phi) is 4.01. The van der Waals surface area contributed by atoms with Gasteiger partial charge < -0.3 is 5.32 Å². The Balaban J connectivity index is 1.73. The van der Waals surface area contributed by atoms with Crippen LogP contribution in [0.25, 0.3) is 0 Å². The lowest BCUT2D eigenvalue weighted by Crippen LogP contribution is -2.37. The first kappa shape index (κ1) is 14.2. The molecule has 2 aromatic rings. The molecular formula is C16H23N5. The van der Waals surface area contributed by atoms with Crippen molar-refractivity contribution >= 4 is 0 Å². The summed E-state index contributed by atoms with van der Waals surface area (Å²) in [5.41, 5.74) is 1.72. The summed E-state index contributed by atoms with van der Waals surface area (Å²) in [6.45, 7) is 3.10. The predicted octanol–water partition coefficient (Wildman–Crippen LogP) is 2.37. The van der Waals surface area contributed by atoms with Gasteiger partial charge in [0.05, 0.1) is 6.04 Å². The number of hydrogen-bond acceptors (Lipinski definition) is 4. The third-order valence-electron chi connectivity index (χ3n) is 4.73. The van der Waals surface area contributed by atoms with Gasteiger partial charge in [-0.05, 0) is 35.8 Å². The van der Waals surface area contributed by atoms with E-state index in [9.17, 15) is 0 Å². The molecule has 1 N–H and O–H groups in total. The third-order valence-corrected chi connectivity index (χ3v) is 4.73. The first-order valence-corrected chi connectivity index (χ1v) is 7.72. The lowest BCUT2D eigenvalue weighted by Gasteiger charge is -2.31. The van der Waals surface area contributed by atoms with E-state index < -0.39 is 0 Å². The van der Waals surface area contributed by atoms with Gasteiger partial charge in [-0.25, -0.2) is 4.68 Å². The summed E-state index contributed by atoms with van der Waals surface area (Å²) in [6.07, 6.45) is 5.15. The Hall–Kier alpha value is -1.75. The zero-order valence-electron chi connectivity index (χ0n) is 12.8. The van der Waals surface area contributed by atoms with E-state index in [4.69, 9.17) is 0 Å². The van der Waals surface area contributed by atoms with Gasteiger partial charge in [-0.1, -0.05) is 43.2 Å². The van der Waals surface area contributed by atoms with Crippen LogP contribution in [0.15, 0.2) is 30.3 Å². The van der Waals surface area contributed by atoms with E-state index in [2.05, 4.69) is 58.1 Å². The summed E-state index contributed by atoms with van der Waals surface area (Å²) in [6, 6.07) is 11.1. The second-order valence-electron chi connectivity index (χ2n) is 6.12. The van der Waals surface area contributed by atoms with Crippen LogP contribution in [-0.2, 0) is 12.5 Å². The third kappa shape index (κ3) is 2.83. The summed E-state index contributed by atoms with van der Waals surface area (Å²) in [4.78, 5) is 0. The Morgan fingerprint density at radius 1 is 1.24 bits per heavy atom. The molecule has 0 radical (unpaired) electrons. The van der Waals surface area contributed by atoms with Gasteiger partial charge in [-0.2, -0.15) is 0 Å². The van der Waals surface area contributed by atoms with Crippen molar-refractivity contribution in [1.29, 1.82) is 0 Å². The number of nitrogens with one attached hydrogen (secondary N) is 1. The maximum atomic E-state index is 4.10. The smallest absolute Gasteiger partial charge is 0.167 e. The number of tetrazole rings is 1. The molecule has 1 aromatic heterocycles. The molecule has 1 aliphatic rings. The Labute approximate surface area is 125 Å². The first-order chi connectivity index (χ1) is 10.2. The van der Waals surface area contributed by atoms with Crippen molar-refractivity contribution in [2.24, 2.45) is 7.05 Å². The zero-order valence-corrected chi connectivity index (χ0v) is 12.8. The topological polar surface area (TPSA) is 55.6 Å². The van der Waals surface area contributed by atoms with Crippen LogP contribution in [-0.4, -0.2) is 26.8 Å². The SMILES string of the molecule is CC(NCC1(c2ccccc2)CCCC1)c1nnnn1C. The van der Waals surface area contributed by atoms with Crippen molar-refractivity contribution in [2.75, 3.05) is 6.54 Å². The van der Waals surface area contributed by atoms with Gasteiger partial charge >= 0.3 is 0 Å². The second kappa shape index (κ2) is 5.93. The van der Waals surface area contributed by atoms with E-state index in [-0.39, 0.29) is 11.5 Å². The highest BCUT2D eigenvalue weighted by atomic mass is 15.5. The number of nitrogens with zero attached hydrogens (tertiary/aromatic N) is 4. The molecule has 112 valence electrons. The van der Waals surface area contributed by atoms with Gasteiger partial charge in [0.2, 0.25) is 0 Å². The molecule has 0 bridgehead atoms. The fourth-order valence-corrected chi connectivity index (χ4v) is 3.45. The molecule has 1 aromatic carbocycles. The minimum absolute atomic E-state index is 0.159. The van der Waals surface area contributed by atoms with Gasteiger partial charge in [-0.15, -0.1) is 5.10 Å². The minimum Gasteiger partial charge on any atom is -0.307 e. The van der Waals surface area contributed by atoms with E-state index in [1.54, 1.807) is 4.68 Å². The summed E-state index contributed by atoms with van der Waals surface area (Å²) in [5.74, 6) is 0.885. The van der Waals surface area contributed by atoms with Crippen LogP contribution in [0.2, 0.25) is 0 Å². The Bertz CT molecular complexity index is 571. The molecule has 3 rings (SSSR count). The van der Waals surface area contributed by atoms with Crippen molar-refractivity contribution in [3.63, 3.8) is 0 Å². The van der Waals surface area contributed by atoms with Gasteiger partial charge in [0.1, 0.15) is 0 Å². The second-order valence-corrected chi connectivity index (χ2v) is 6.12. The highest BCUT2D eigenvalue weighted by Crippen LogP contribution is 2.40. The molecule has 1 heterocycles. The molecule has 1 atom stereocenters. The molecule has 0 amide bonds. The number of benzene rings is 1. The molecular weight excluding hydrogens is 262 g/mol. The summed E-state index contributed by atoms with van der Waals surface area (Å²) in [5, 5.41) is 15.4. The molecule has 5 heteroatoms. The normalized spacial score (nSPS) is 18.8. The van der Waals surface area contributed by atoms with Crippen LogP contribution in [0.1, 0.15) is 50.0 Å². The maximum Gasteiger partial charge on any atom is 0.167 e.